The molecule has 1 aliphatic heterocycles. The van der Waals surface area contributed by atoms with E-state index in [0.29, 0.717) is 36.0 Å². The number of halogens is 3. The number of carbonyl (C=O) groups excluding carboxylic acids is 2. The van der Waals surface area contributed by atoms with Gasteiger partial charge in [0.1, 0.15) is 0 Å². The van der Waals surface area contributed by atoms with Crippen molar-refractivity contribution in [3.8, 4) is 0 Å². The zero-order chi connectivity index (χ0) is 20.5. The number of nitrogens with zero attached hydrogens (tertiary/aromatic N) is 3. The molecule has 0 unspecified atom stereocenters. The lowest BCUT2D eigenvalue weighted by atomic mass is 9.96. The van der Waals surface area contributed by atoms with E-state index in [2.05, 4.69) is 15.3 Å². The highest BCUT2D eigenvalue weighted by molar-refractivity contribution is 5.97. The summed E-state index contributed by atoms with van der Waals surface area (Å²) in [5.41, 5.74) is 3.43. The van der Waals surface area contributed by atoms with Crippen molar-refractivity contribution in [1.82, 2.24) is 20.2 Å². The summed E-state index contributed by atoms with van der Waals surface area (Å²) in [5.74, 6) is -2.03. The first-order chi connectivity index (χ1) is 13.1. The summed E-state index contributed by atoms with van der Waals surface area (Å²) in [6.07, 6.45) is -4.00. The summed E-state index contributed by atoms with van der Waals surface area (Å²) in [6.45, 7) is 4.16. The number of amides is 2. The van der Waals surface area contributed by atoms with Gasteiger partial charge in [0.25, 0.3) is 5.91 Å². The van der Waals surface area contributed by atoms with Gasteiger partial charge in [-0.25, -0.2) is 9.97 Å². The number of carbonyl (C=O) groups is 2. The number of likely N-dealkylation sites (tertiary alicyclic amines) is 1. The number of aromatic nitrogens is 2. The Morgan fingerprint density at radius 3 is 2.32 bits per heavy atom. The highest BCUT2D eigenvalue weighted by Gasteiger charge is 2.43. The molecule has 3 rings (SSSR count). The normalized spacial score (nSPS) is 15.7. The lowest BCUT2D eigenvalue weighted by molar-refractivity contribution is -0.186. The van der Waals surface area contributed by atoms with Gasteiger partial charge in [0.15, 0.2) is 0 Å². The molecule has 0 bridgehead atoms. The van der Waals surface area contributed by atoms with Gasteiger partial charge in [0.2, 0.25) is 0 Å². The number of hydrogen-bond donors (Lipinski definition) is 1. The van der Waals surface area contributed by atoms with Crippen molar-refractivity contribution in [3.63, 3.8) is 0 Å². The topological polar surface area (TPSA) is 75.2 Å². The average molecular weight is 394 g/mol. The molecule has 1 saturated heterocycles. The highest BCUT2D eigenvalue weighted by atomic mass is 19.4. The van der Waals surface area contributed by atoms with Crippen LogP contribution in [0.1, 0.15) is 34.6 Å². The SMILES string of the molecule is Cc1nc2ccc(C(=O)NCC3CCN(C(=O)C(F)(F)F)CC3)cc2nc1C. The summed E-state index contributed by atoms with van der Waals surface area (Å²) < 4.78 is 37.4. The fraction of sp³-hybridized carbons (Fsp3) is 0.474. The number of rotatable bonds is 3. The molecule has 0 saturated carbocycles. The van der Waals surface area contributed by atoms with Crippen molar-refractivity contribution < 1.29 is 22.8 Å². The van der Waals surface area contributed by atoms with Crippen LogP contribution in [0.4, 0.5) is 13.2 Å². The molecule has 0 aliphatic carbocycles. The van der Waals surface area contributed by atoms with Crippen LogP contribution in [-0.2, 0) is 4.79 Å². The van der Waals surface area contributed by atoms with Crippen molar-refractivity contribution in [2.75, 3.05) is 19.6 Å². The Hall–Kier alpha value is -2.71. The zero-order valence-corrected chi connectivity index (χ0v) is 15.6. The highest BCUT2D eigenvalue weighted by Crippen LogP contribution is 2.23. The van der Waals surface area contributed by atoms with Crippen LogP contribution in [0.5, 0.6) is 0 Å². The van der Waals surface area contributed by atoms with Crippen LogP contribution in [0, 0.1) is 19.8 Å². The molecule has 1 fully saturated rings. The van der Waals surface area contributed by atoms with Crippen molar-refractivity contribution in [3.05, 3.63) is 35.2 Å². The smallest absolute Gasteiger partial charge is 0.352 e. The zero-order valence-electron chi connectivity index (χ0n) is 15.6. The lowest BCUT2D eigenvalue weighted by Gasteiger charge is -2.32. The van der Waals surface area contributed by atoms with Gasteiger partial charge in [0.05, 0.1) is 22.4 Å². The summed E-state index contributed by atoms with van der Waals surface area (Å²) in [6, 6.07) is 5.09. The van der Waals surface area contributed by atoms with Crippen molar-refractivity contribution in [2.45, 2.75) is 32.9 Å². The molecule has 0 atom stereocenters. The van der Waals surface area contributed by atoms with Crippen LogP contribution >= 0.6 is 0 Å². The quantitative estimate of drug-likeness (QED) is 0.869. The molecule has 9 heteroatoms. The van der Waals surface area contributed by atoms with E-state index in [4.69, 9.17) is 0 Å². The second kappa shape index (κ2) is 7.73. The first-order valence-electron chi connectivity index (χ1n) is 9.04. The molecule has 1 aliphatic rings. The van der Waals surface area contributed by atoms with Crippen LogP contribution < -0.4 is 5.32 Å². The third-order valence-electron chi connectivity index (χ3n) is 5.03. The Bertz CT molecular complexity index is 906. The van der Waals surface area contributed by atoms with Crippen LogP contribution in [-0.4, -0.2) is 52.5 Å². The van der Waals surface area contributed by atoms with E-state index >= 15 is 0 Å². The van der Waals surface area contributed by atoms with Gasteiger partial charge in [-0.05, 0) is 50.8 Å². The second-order valence-electron chi connectivity index (χ2n) is 7.04. The Morgan fingerprint density at radius 2 is 1.71 bits per heavy atom. The molecule has 2 aromatic rings. The molecule has 6 nitrogen and oxygen atoms in total. The van der Waals surface area contributed by atoms with E-state index in [0.717, 1.165) is 16.3 Å². The Morgan fingerprint density at radius 1 is 1.11 bits per heavy atom. The molecule has 1 N–H and O–H groups in total. The van der Waals surface area contributed by atoms with E-state index < -0.39 is 12.1 Å². The molecular formula is C19H21F3N4O2. The molecule has 0 spiro atoms. The van der Waals surface area contributed by atoms with Gasteiger partial charge in [-0.15, -0.1) is 0 Å². The van der Waals surface area contributed by atoms with Gasteiger partial charge in [-0.2, -0.15) is 13.2 Å². The first-order valence-corrected chi connectivity index (χ1v) is 9.04. The third-order valence-corrected chi connectivity index (χ3v) is 5.03. The third kappa shape index (κ3) is 4.40. The number of fused-ring (bicyclic) bond motifs is 1. The number of benzene rings is 1. The Balaban J connectivity index is 1.56. The van der Waals surface area contributed by atoms with Crippen molar-refractivity contribution in [1.29, 1.82) is 0 Å². The standard InChI is InChI=1S/C19H21F3N4O2/c1-11-12(2)25-16-9-14(3-4-15(16)24-11)17(27)23-10-13-5-7-26(8-6-13)18(28)19(20,21)22/h3-4,9,13H,5-8,10H2,1-2H3,(H,23,27). The molecule has 1 aromatic carbocycles. The minimum absolute atomic E-state index is 0.0337. The molecule has 2 heterocycles. The van der Waals surface area contributed by atoms with Crippen LogP contribution in [0.15, 0.2) is 18.2 Å². The van der Waals surface area contributed by atoms with Crippen molar-refractivity contribution in [2.24, 2.45) is 5.92 Å². The minimum Gasteiger partial charge on any atom is -0.352 e. The molecule has 0 radical (unpaired) electrons. The predicted octanol–water partition coefficient (Wildman–Crippen LogP) is 2.78. The lowest BCUT2D eigenvalue weighted by Crippen LogP contribution is -2.46. The van der Waals surface area contributed by atoms with Crippen LogP contribution in [0.25, 0.3) is 11.0 Å². The number of hydrogen-bond acceptors (Lipinski definition) is 4. The Kier molecular flexibility index (Phi) is 5.53. The maximum Gasteiger partial charge on any atom is 0.471 e. The second-order valence-corrected chi connectivity index (χ2v) is 7.04. The molecule has 28 heavy (non-hydrogen) atoms. The fourth-order valence-electron chi connectivity index (χ4n) is 3.23. The molecular weight excluding hydrogens is 373 g/mol. The van der Waals surface area contributed by atoms with Gasteiger partial charge >= 0.3 is 12.1 Å². The summed E-state index contributed by atoms with van der Waals surface area (Å²) >= 11 is 0. The summed E-state index contributed by atoms with van der Waals surface area (Å²) in [7, 11) is 0. The monoisotopic (exact) mass is 394 g/mol. The fourth-order valence-corrected chi connectivity index (χ4v) is 3.23. The van der Waals surface area contributed by atoms with Gasteiger partial charge in [-0.1, -0.05) is 0 Å². The number of alkyl halides is 3. The Labute approximate surface area is 160 Å². The van der Waals surface area contributed by atoms with Gasteiger partial charge < -0.3 is 10.2 Å². The van der Waals surface area contributed by atoms with E-state index in [1.165, 1.54) is 0 Å². The molecule has 1 aromatic heterocycles. The molecule has 2 amide bonds. The van der Waals surface area contributed by atoms with Crippen LogP contribution in [0.2, 0.25) is 0 Å². The largest absolute Gasteiger partial charge is 0.471 e. The van der Waals surface area contributed by atoms with E-state index in [1.807, 2.05) is 13.8 Å². The predicted molar refractivity (Wildman–Crippen MR) is 96.7 cm³/mol. The van der Waals surface area contributed by atoms with Crippen molar-refractivity contribution >= 4 is 22.8 Å². The van der Waals surface area contributed by atoms with Crippen LogP contribution in [0.3, 0.4) is 0 Å². The number of nitrogens with one attached hydrogen (secondary N) is 1. The number of aryl methyl sites for hydroxylation is 2. The molecule has 150 valence electrons. The average Bonchev–Trinajstić information content (AvgIpc) is 2.65. The van der Waals surface area contributed by atoms with E-state index in [1.54, 1.807) is 18.2 Å². The minimum atomic E-state index is -4.84. The summed E-state index contributed by atoms with van der Waals surface area (Å²) in [5, 5.41) is 2.82. The van der Waals surface area contributed by atoms with Gasteiger partial charge in [0, 0.05) is 25.2 Å². The van der Waals surface area contributed by atoms with E-state index in [-0.39, 0.29) is 24.9 Å². The van der Waals surface area contributed by atoms with Gasteiger partial charge in [-0.3, -0.25) is 9.59 Å². The maximum absolute atomic E-state index is 12.5. The first kappa shape index (κ1) is 20.0. The number of piperidine rings is 1. The maximum atomic E-state index is 12.5. The van der Waals surface area contributed by atoms with E-state index in [9.17, 15) is 22.8 Å². The summed E-state index contributed by atoms with van der Waals surface area (Å²) in [4.78, 5) is 33.4.